The number of aromatic nitrogens is 4. The van der Waals surface area contributed by atoms with E-state index in [0.717, 1.165) is 16.2 Å². The van der Waals surface area contributed by atoms with E-state index in [1.54, 1.807) is 4.57 Å². The Hall–Kier alpha value is -4.54. The Kier molecular flexibility index (Phi) is 6.35. The largest absolute Gasteiger partial charge is 0.333 e. The third kappa shape index (κ3) is 4.49. The number of para-hydroxylation sites is 1. The summed E-state index contributed by atoms with van der Waals surface area (Å²) in [4.78, 5) is 55.2. The van der Waals surface area contributed by atoms with Crippen LogP contribution < -0.4 is 21.9 Å². The monoisotopic (exact) mass is 464 g/mol. The molecule has 3 amide bonds. The first-order valence-electron chi connectivity index (χ1n) is 10.5. The number of amides is 3. The number of hydrogen-bond acceptors (Lipinski definition) is 5. The van der Waals surface area contributed by atoms with E-state index < -0.39 is 35.5 Å². The van der Waals surface area contributed by atoms with Crippen molar-refractivity contribution < 1.29 is 14.0 Å². The first-order valence-corrected chi connectivity index (χ1v) is 10.5. The van der Waals surface area contributed by atoms with E-state index in [-0.39, 0.29) is 23.4 Å². The standard InChI is InChI=1S/C23H21FN6O4/c1-2-28-14-25-20-19(28)21(32)30(23(34)29(20)12-15-8-4-3-5-9-15)13-18(31)27-22(33)26-17-11-7-6-10-16(17)24/h3-11,14H,2,12-13H2,1H3,(H2,26,27,31,33). The number of hydrogen-bond donors (Lipinski definition) is 2. The smallest absolute Gasteiger partial charge is 0.325 e. The number of carbonyl (C=O) groups excluding carboxylic acids is 2. The summed E-state index contributed by atoms with van der Waals surface area (Å²) in [6.07, 6.45) is 1.46. The Morgan fingerprint density at radius 3 is 2.41 bits per heavy atom. The Balaban J connectivity index is 1.66. The molecule has 2 aromatic heterocycles. The van der Waals surface area contributed by atoms with Crippen molar-refractivity contribution in [1.29, 1.82) is 0 Å². The number of fused-ring (bicyclic) bond motifs is 1. The molecule has 4 rings (SSSR count). The summed E-state index contributed by atoms with van der Waals surface area (Å²) in [6, 6.07) is 13.6. The van der Waals surface area contributed by atoms with Gasteiger partial charge < -0.3 is 9.88 Å². The third-order valence-corrected chi connectivity index (χ3v) is 5.18. The molecular weight excluding hydrogens is 443 g/mol. The van der Waals surface area contributed by atoms with Crippen molar-refractivity contribution in [3.05, 3.63) is 93.1 Å². The van der Waals surface area contributed by atoms with Crippen LogP contribution in [0.3, 0.4) is 0 Å². The van der Waals surface area contributed by atoms with Gasteiger partial charge in [-0.2, -0.15) is 0 Å². The lowest BCUT2D eigenvalue weighted by atomic mass is 10.2. The summed E-state index contributed by atoms with van der Waals surface area (Å²) in [6.45, 7) is 1.67. The molecule has 4 aromatic rings. The van der Waals surface area contributed by atoms with Crippen LogP contribution in [0.15, 0.2) is 70.5 Å². The van der Waals surface area contributed by atoms with Crippen molar-refractivity contribution in [3.63, 3.8) is 0 Å². The first kappa shape index (κ1) is 22.6. The highest BCUT2D eigenvalue weighted by Gasteiger charge is 2.20. The van der Waals surface area contributed by atoms with Gasteiger partial charge in [-0.3, -0.25) is 19.5 Å². The third-order valence-electron chi connectivity index (χ3n) is 5.18. The second-order valence-corrected chi connectivity index (χ2v) is 7.43. The summed E-state index contributed by atoms with van der Waals surface area (Å²) in [5, 5.41) is 4.23. The average molecular weight is 464 g/mol. The molecule has 34 heavy (non-hydrogen) atoms. The molecule has 0 saturated carbocycles. The zero-order valence-electron chi connectivity index (χ0n) is 18.2. The summed E-state index contributed by atoms with van der Waals surface area (Å²) >= 11 is 0. The van der Waals surface area contributed by atoms with Gasteiger partial charge in [0.25, 0.3) is 5.56 Å². The van der Waals surface area contributed by atoms with E-state index in [1.165, 1.54) is 29.1 Å². The zero-order chi connectivity index (χ0) is 24.2. The number of nitrogens with one attached hydrogen (secondary N) is 2. The van der Waals surface area contributed by atoms with Crippen LogP contribution in [0, 0.1) is 5.82 Å². The van der Waals surface area contributed by atoms with Gasteiger partial charge in [0, 0.05) is 6.54 Å². The lowest BCUT2D eigenvalue weighted by Gasteiger charge is -2.13. The highest BCUT2D eigenvalue weighted by atomic mass is 19.1. The number of halogens is 1. The minimum Gasteiger partial charge on any atom is -0.325 e. The molecule has 0 atom stereocenters. The van der Waals surface area contributed by atoms with Gasteiger partial charge in [-0.15, -0.1) is 0 Å². The minimum atomic E-state index is -0.993. The molecule has 0 bridgehead atoms. The maximum absolute atomic E-state index is 13.7. The number of nitrogens with zero attached hydrogens (tertiary/aromatic N) is 4. The van der Waals surface area contributed by atoms with Crippen LogP contribution in [-0.2, 0) is 24.4 Å². The van der Waals surface area contributed by atoms with Gasteiger partial charge in [-0.05, 0) is 24.6 Å². The van der Waals surface area contributed by atoms with Gasteiger partial charge in [0.15, 0.2) is 11.2 Å². The second kappa shape index (κ2) is 9.53. The van der Waals surface area contributed by atoms with Crippen LogP contribution in [-0.4, -0.2) is 30.6 Å². The van der Waals surface area contributed by atoms with E-state index in [1.807, 2.05) is 42.6 Å². The fourth-order valence-electron chi connectivity index (χ4n) is 3.55. The van der Waals surface area contributed by atoms with Gasteiger partial charge >= 0.3 is 11.7 Å². The van der Waals surface area contributed by atoms with Crippen LogP contribution in [0.5, 0.6) is 0 Å². The number of rotatable bonds is 6. The Bertz CT molecular complexity index is 1490. The van der Waals surface area contributed by atoms with Gasteiger partial charge in [0.2, 0.25) is 5.91 Å². The summed E-state index contributed by atoms with van der Waals surface area (Å²) in [5.41, 5.74) is -0.392. The number of carbonyl (C=O) groups is 2. The fourth-order valence-corrected chi connectivity index (χ4v) is 3.55. The van der Waals surface area contributed by atoms with Gasteiger partial charge in [-0.25, -0.2) is 23.5 Å². The van der Waals surface area contributed by atoms with Gasteiger partial charge in [-0.1, -0.05) is 42.5 Å². The van der Waals surface area contributed by atoms with Crippen molar-refractivity contribution in [3.8, 4) is 0 Å². The molecule has 0 spiro atoms. The number of imidazole rings is 1. The normalized spacial score (nSPS) is 10.9. The Morgan fingerprint density at radius 2 is 1.71 bits per heavy atom. The van der Waals surface area contributed by atoms with Crippen molar-refractivity contribution in [1.82, 2.24) is 24.0 Å². The highest BCUT2D eigenvalue weighted by molar-refractivity contribution is 6.01. The molecule has 0 unspecified atom stereocenters. The predicted molar refractivity (Wildman–Crippen MR) is 123 cm³/mol. The Labute approximate surface area is 192 Å². The topological polar surface area (TPSA) is 120 Å². The van der Waals surface area contributed by atoms with E-state index >= 15 is 0 Å². The van der Waals surface area contributed by atoms with Crippen LogP contribution in [0.1, 0.15) is 12.5 Å². The lowest BCUT2D eigenvalue weighted by molar-refractivity contribution is -0.120. The molecule has 0 aliphatic rings. The molecule has 0 radical (unpaired) electrons. The zero-order valence-corrected chi connectivity index (χ0v) is 18.2. The van der Waals surface area contributed by atoms with Crippen LogP contribution in [0.25, 0.3) is 11.2 Å². The highest BCUT2D eigenvalue weighted by Crippen LogP contribution is 2.12. The van der Waals surface area contributed by atoms with Crippen molar-refractivity contribution in [2.75, 3.05) is 5.32 Å². The van der Waals surface area contributed by atoms with Crippen LogP contribution in [0.2, 0.25) is 0 Å². The quantitative estimate of drug-likeness (QED) is 0.452. The number of benzene rings is 2. The van der Waals surface area contributed by atoms with E-state index in [0.29, 0.717) is 6.54 Å². The summed E-state index contributed by atoms with van der Waals surface area (Å²) < 4.78 is 17.4. The number of anilines is 1. The van der Waals surface area contributed by atoms with E-state index in [9.17, 15) is 23.6 Å². The molecule has 0 fully saturated rings. The number of urea groups is 1. The molecule has 0 saturated heterocycles. The molecule has 2 aromatic carbocycles. The van der Waals surface area contributed by atoms with Crippen molar-refractivity contribution in [2.24, 2.45) is 0 Å². The van der Waals surface area contributed by atoms with Crippen molar-refractivity contribution >= 4 is 28.8 Å². The maximum Gasteiger partial charge on any atom is 0.333 e. The SMILES string of the molecule is CCn1cnc2c1c(=O)n(CC(=O)NC(=O)Nc1ccccc1F)c(=O)n2Cc1ccccc1. The number of aryl methyl sites for hydroxylation is 1. The Morgan fingerprint density at radius 1 is 1.00 bits per heavy atom. The maximum atomic E-state index is 13.7. The summed E-state index contributed by atoms with van der Waals surface area (Å²) in [5.74, 6) is -1.59. The number of imide groups is 1. The molecule has 0 aliphatic carbocycles. The van der Waals surface area contributed by atoms with E-state index in [2.05, 4.69) is 10.3 Å². The predicted octanol–water partition coefficient (Wildman–Crippen LogP) is 1.92. The van der Waals surface area contributed by atoms with Crippen molar-refractivity contribution in [2.45, 2.75) is 26.6 Å². The van der Waals surface area contributed by atoms with Gasteiger partial charge in [0.1, 0.15) is 12.4 Å². The molecule has 2 N–H and O–H groups in total. The minimum absolute atomic E-state index is 0.122. The molecule has 11 heteroatoms. The molecular formula is C23H21FN6O4. The van der Waals surface area contributed by atoms with Crippen LogP contribution in [0.4, 0.5) is 14.9 Å². The average Bonchev–Trinajstić information content (AvgIpc) is 3.26. The molecule has 10 nitrogen and oxygen atoms in total. The fraction of sp³-hybridized carbons (Fsp3) is 0.174. The molecule has 174 valence electrons. The van der Waals surface area contributed by atoms with Gasteiger partial charge in [0.05, 0.1) is 18.6 Å². The molecule has 0 aliphatic heterocycles. The first-order chi connectivity index (χ1) is 16.4. The van der Waals surface area contributed by atoms with E-state index in [4.69, 9.17) is 0 Å². The lowest BCUT2D eigenvalue weighted by Crippen LogP contribution is -2.46. The second-order valence-electron chi connectivity index (χ2n) is 7.43. The molecule has 2 heterocycles. The van der Waals surface area contributed by atoms with Crippen LogP contribution >= 0.6 is 0 Å². The summed E-state index contributed by atoms with van der Waals surface area (Å²) in [7, 11) is 0.